The van der Waals surface area contributed by atoms with Crippen molar-refractivity contribution < 1.29 is 17.7 Å². The summed E-state index contributed by atoms with van der Waals surface area (Å²) in [6, 6.07) is 13.6. The Hall–Kier alpha value is -3.24. The summed E-state index contributed by atoms with van der Waals surface area (Å²) in [4.78, 5) is 19.7. The lowest BCUT2D eigenvalue weighted by Gasteiger charge is -2.31. The Bertz CT molecular complexity index is 1710. The number of aromatic nitrogens is 2. The number of sulfonamides is 1. The first-order valence-electron chi connectivity index (χ1n) is 14.6. The van der Waals surface area contributed by atoms with Gasteiger partial charge in [0.15, 0.2) is 5.13 Å². The summed E-state index contributed by atoms with van der Waals surface area (Å²) in [6.45, 7) is 4.03. The molecule has 3 heterocycles. The highest BCUT2D eigenvalue weighted by Crippen LogP contribution is 2.45. The van der Waals surface area contributed by atoms with Gasteiger partial charge < -0.3 is 9.42 Å². The van der Waals surface area contributed by atoms with Crippen LogP contribution in [0.1, 0.15) is 78.1 Å². The molecule has 3 fully saturated rings. The Morgan fingerprint density at radius 1 is 1.07 bits per heavy atom. The van der Waals surface area contributed by atoms with Crippen molar-refractivity contribution in [3.63, 3.8) is 0 Å². The van der Waals surface area contributed by atoms with Crippen molar-refractivity contribution in [3.8, 4) is 11.3 Å². The zero-order chi connectivity index (χ0) is 28.1. The minimum absolute atomic E-state index is 0.347. The maximum Gasteiger partial charge on any atom is 0.264 e. The maximum absolute atomic E-state index is 12.6. The molecule has 0 radical (unpaired) electrons. The van der Waals surface area contributed by atoms with Gasteiger partial charge in [-0.3, -0.25) is 4.79 Å². The predicted octanol–water partition coefficient (Wildman–Crippen LogP) is 6.21. The fourth-order valence-electron chi connectivity index (χ4n) is 5.88. The molecule has 0 unspecified atom stereocenters. The molecule has 214 valence electrons. The van der Waals surface area contributed by atoms with Gasteiger partial charge in [0.1, 0.15) is 11.5 Å². The SMILES string of the molecule is Cc1ccccc1-c1noc(C2CC2)c1CCC1CCN(c2nc3ccc(C(=O)NS(=O)(=O)C4CC4)cc3s2)CC1. The van der Waals surface area contributed by atoms with Gasteiger partial charge in [-0.15, -0.1) is 0 Å². The van der Waals surface area contributed by atoms with Gasteiger partial charge in [-0.1, -0.05) is 40.8 Å². The molecule has 2 aliphatic carbocycles. The van der Waals surface area contributed by atoms with E-state index in [0.29, 0.717) is 30.2 Å². The van der Waals surface area contributed by atoms with Crippen LogP contribution < -0.4 is 9.62 Å². The van der Waals surface area contributed by atoms with E-state index in [0.717, 1.165) is 65.6 Å². The number of amides is 1. The van der Waals surface area contributed by atoms with Gasteiger partial charge in [-0.05, 0) is 88.0 Å². The van der Waals surface area contributed by atoms with Gasteiger partial charge in [0.05, 0.1) is 15.5 Å². The van der Waals surface area contributed by atoms with Crippen LogP contribution in [0.2, 0.25) is 0 Å². The van der Waals surface area contributed by atoms with Crippen molar-refractivity contribution in [1.82, 2.24) is 14.9 Å². The first-order chi connectivity index (χ1) is 19.9. The zero-order valence-corrected chi connectivity index (χ0v) is 24.8. The fraction of sp³-hybridized carbons (Fsp3) is 0.452. The van der Waals surface area contributed by atoms with E-state index in [1.807, 2.05) is 6.07 Å². The molecule has 10 heteroatoms. The summed E-state index contributed by atoms with van der Waals surface area (Å²) in [5, 5.41) is 5.07. The minimum atomic E-state index is -3.58. The molecule has 2 aromatic carbocycles. The molecule has 1 aliphatic heterocycles. The van der Waals surface area contributed by atoms with Gasteiger partial charge in [0.25, 0.3) is 5.91 Å². The highest BCUT2D eigenvalue weighted by Gasteiger charge is 2.37. The van der Waals surface area contributed by atoms with Crippen LogP contribution >= 0.6 is 11.3 Å². The van der Waals surface area contributed by atoms with E-state index in [2.05, 4.69) is 46.0 Å². The van der Waals surface area contributed by atoms with Gasteiger partial charge >= 0.3 is 0 Å². The van der Waals surface area contributed by atoms with Gasteiger partial charge in [0, 0.05) is 35.7 Å². The smallest absolute Gasteiger partial charge is 0.264 e. The summed E-state index contributed by atoms with van der Waals surface area (Å²) >= 11 is 1.56. The number of aryl methyl sites for hydroxylation is 1. The van der Waals surface area contributed by atoms with Crippen molar-refractivity contribution in [1.29, 1.82) is 0 Å². The largest absolute Gasteiger partial charge is 0.360 e. The van der Waals surface area contributed by atoms with Crippen molar-refractivity contribution in [2.45, 2.75) is 69.5 Å². The maximum atomic E-state index is 12.6. The second-order valence-electron chi connectivity index (χ2n) is 11.8. The molecule has 1 saturated heterocycles. The van der Waals surface area contributed by atoms with Crippen LogP contribution in [0, 0.1) is 12.8 Å². The number of hydrogen-bond acceptors (Lipinski definition) is 8. The molecular weight excluding hydrogens is 556 g/mol. The third-order valence-electron chi connectivity index (χ3n) is 8.69. The number of piperidine rings is 1. The molecule has 0 atom stereocenters. The number of carbonyl (C=O) groups excluding carboxylic acids is 1. The molecule has 2 aromatic heterocycles. The lowest BCUT2D eigenvalue weighted by molar-refractivity contribution is 0.0981. The number of fused-ring (bicyclic) bond motifs is 1. The third-order valence-corrected chi connectivity index (χ3v) is 11.6. The van der Waals surface area contributed by atoms with Crippen LogP contribution in [0.3, 0.4) is 0 Å². The van der Waals surface area contributed by atoms with Gasteiger partial charge in [-0.25, -0.2) is 18.1 Å². The third kappa shape index (κ3) is 5.51. The first kappa shape index (κ1) is 26.6. The van der Waals surface area contributed by atoms with E-state index in [-0.39, 0.29) is 0 Å². The predicted molar refractivity (Wildman–Crippen MR) is 161 cm³/mol. The number of carbonyl (C=O) groups is 1. The van der Waals surface area contributed by atoms with Crippen molar-refractivity contribution >= 4 is 42.6 Å². The number of nitrogens with one attached hydrogen (secondary N) is 1. The lowest BCUT2D eigenvalue weighted by Crippen LogP contribution is -2.33. The molecule has 4 aromatic rings. The monoisotopic (exact) mass is 590 g/mol. The Balaban J connectivity index is 0.994. The highest BCUT2D eigenvalue weighted by atomic mass is 32.2. The molecule has 0 bridgehead atoms. The lowest BCUT2D eigenvalue weighted by atomic mass is 9.89. The summed E-state index contributed by atoms with van der Waals surface area (Å²) in [7, 11) is -3.58. The molecular formula is C31H34N4O4S2. The van der Waals surface area contributed by atoms with Crippen LogP contribution in [0.15, 0.2) is 47.0 Å². The molecule has 2 saturated carbocycles. The average molecular weight is 591 g/mol. The second kappa shape index (κ2) is 10.5. The van der Waals surface area contributed by atoms with E-state index in [4.69, 9.17) is 9.51 Å². The molecule has 3 aliphatic rings. The molecule has 7 rings (SSSR count). The van der Waals surface area contributed by atoms with Crippen molar-refractivity contribution in [2.24, 2.45) is 5.92 Å². The van der Waals surface area contributed by atoms with Crippen LogP contribution in [0.4, 0.5) is 5.13 Å². The summed E-state index contributed by atoms with van der Waals surface area (Å²) in [5.74, 6) is 1.70. The van der Waals surface area contributed by atoms with E-state index in [9.17, 15) is 13.2 Å². The Morgan fingerprint density at radius 3 is 2.59 bits per heavy atom. The topological polar surface area (TPSA) is 105 Å². The standard InChI is InChI=1S/C31H34N4O4S2/c1-19-4-2-3-5-24(19)28-25(29(39-33-28)21-7-8-21)12-6-20-14-16-35(17-15-20)31-32-26-13-9-22(18-27(26)40-31)30(36)34-41(37,38)23-10-11-23/h2-5,9,13,18,20-21,23H,6-8,10-12,14-17H2,1H3,(H,34,36). The number of anilines is 1. The highest BCUT2D eigenvalue weighted by molar-refractivity contribution is 7.91. The van der Waals surface area contributed by atoms with Crippen molar-refractivity contribution in [3.05, 3.63) is 64.9 Å². The average Bonchev–Trinajstić information content (AvgIpc) is 3.91. The van der Waals surface area contributed by atoms with Crippen LogP contribution in [0.25, 0.3) is 21.5 Å². The van der Waals surface area contributed by atoms with Crippen molar-refractivity contribution in [2.75, 3.05) is 18.0 Å². The molecule has 41 heavy (non-hydrogen) atoms. The summed E-state index contributed by atoms with van der Waals surface area (Å²) < 4.78 is 33.4. The number of hydrogen-bond donors (Lipinski definition) is 1. The van der Waals surface area contributed by atoms with Gasteiger partial charge in [0.2, 0.25) is 10.0 Å². The fourth-order valence-corrected chi connectivity index (χ4v) is 8.24. The zero-order valence-electron chi connectivity index (χ0n) is 23.1. The first-order valence-corrected chi connectivity index (χ1v) is 17.0. The number of rotatable bonds is 9. The molecule has 1 amide bonds. The van der Waals surface area contributed by atoms with Gasteiger partial charge in [-0.2, -0.15) is 0 Å². The van der Waals surface area contributed by atoms with Crippen LogP contribution in [-0.2, 0) is 16.4 Å². The minimum Gasteiger partial charge on any atom is -0.360 e. The number of benzene rings is 2. The second-order valence-corrected chi connectivity index (χ2v) is 14.8. The number of nitrogens with zero attached hydrogens (tertiary/aromatic N) is 3. The Labute approximate surface area is 244 Å². The molecule has 8 nitrogen and oxygen atoms in total. The van der Waals surface area contributed by atoms with Crippen LogP contribution in [-0.4, -0.2) is 42.8 Å². The summed E-state index contributed by atoms with van der Waals surface area (Å²) in [5.41, 5.74) is 5.91. The van der Waals surface area contributed by atoms with E-state index in [1.165, 1.54) is 29.5 Å². The van der Waals surface area contributed by atoms with E-state index >= 15 is 0 Å². The Morgan fingerprint density at radius 2 is 1.85 bits per heavy atom. The quantitative estimate of drug-likeness (QED) is 0.247. The van der Waals surface area contributed by atoms with Crippen LogP contribution in [0.5, 0.6) is 0 Å². The normalized spacial score (nSPS) is 18.2. The molecule has 1 N–H and O–H groups in total. The van der Waals surface area contributed by atoms with E-state index in [1.54, 1.807) is 23.5 Å². The molecule has 0 spiro atoms. The summed E-state index contributed by atoms with van der Waals surface area (Å²) in [6.07, 6.45) is 7.95. The van der Waals surface area contributed by atoms with E-state index < -0.39 is 21.2 Å². The Kier molecular flexibility index (Phi) is 6.85. The number of thiazole rings is 1.